The number of hydrogen-bond donors (Lipinski definition) is 1. The predicted molar refractivity (Wildman–Crippen MR) is 116 cm³/mol. The van der Waals surface area contributed by atoms with Crippen LogP contribution in [0.3, 0.4) is 0 Å². The van der Waals surface area contributed by atoms with Crippen LogP contribution in [0.2, 0.25) is 0 Å². The Hall–Kier alpha value is -3.55. The van der Waals surface area contributed by atoms with E-state index in [4.69, 9.17) is 9.72 Å². The summed E-state index contributed by atoms with van der Waals surface area (Å²) in [6.45, 7) is 0. The van der Waals surface area contributed by atoms with Gasteiger partial charge in [-0.3, -0.25) is 4.40 Å². The lowest BCUT2D eigenvalue weighted by Crippen LogP contribution is -2.12. The molecule has 2 aromatic carbocycles. The SMILES string of the molecule is CNc1nccn2c(C3CCC3)nc(-c3ccc(Oc4ccccc4)cc3C(F)(F)F)c12. The van der Waals surface area contributed by atoms with Crippen molar-refractivity contribution in [1.82, 2.24) is 14.4 Å². The summed E-state index contributed by atoms with van der Waals surface area (Å²) in [6.07, 6.45) is 1.87. The van der Waals surface area contributed by atoms with Crippen LogP contribution in [0.4, 0.5) is 19.0 Å². The van der Waals surface area contributed by atoms with Crippen LogP contribution in [0.15, 0.2) is 60.9 Å². The minimum atomic E-state index is -4.58. The van der Waals surface area contributed by atoms with Gasteiger partial charge in [-0.05, 0) is 43.2 Å². The Kier molecular flexibility index (Phi) is 5.00. The fourth-order valence-corrected chi connectivity index (χ4v) is 4.04. The van der Waals surface area contributed by atoms with Gasteiger partial charge in [-0.2, -0.15) is 13.2 Å². The number of imidazole rings is 1. The number of aromatic nitrogens is 3. The molecule has 5 nitrogen and oxygen atoms in total. The molecule has 0 unspecified atom stereocenters. The fraction of sp³-hybridized carbons (Fsp3) is 0.250. The topological polar surface area (TPSA) is 51.5 Å². The maximum absolute atomic E-state index is 14.2. The second kappa shape index (κ2) is 7.85. The molecule has 0 aliphatic heterocycles. The molecule has 2 heterocycles. The van der Waals surface area contributed by atoms with Crippen molar-refractivity contribution >= 4 is 11.3 Å². The van der Waals surface area contributed by atoms with Gasteiger partial charge in [0.2, 0.25) is 0 Å². The van der Waals surface area contributed by atoms with E-state index >= 15 is 0 Å². The Labute approximate surface area is 182 Å². The highest BCUT2D eigenvalue weighted by atomic mass is 19.4. The average Bonchev–Trinajstić information content (AvgIpc) is 3.12. The third-order valence-electron chi connectivity index (χ3n) is 5.82. The molecule has 0 radical (unpaired) electrons. The van der Waals surface area contributed by atoms with Gasteiger partial charge in [0.25, 0.3) is 0 Å². The van der Waals surface area contributed by atoms with Crippen LogP contribution in [0.25, 0.3) is 16.8 Å². The molecule has 1 saturated carbocycles. The molecular weight excluding hydrogens is 417 g/mol. The molecule has 0 bridgehead atoms. The van der Waals surface area contributed by atoms with Gasteiger partial charge in [-0.1, -0.05) is 24.6 Å². The molecule has 164 valence electrons. The summed E-state index contributed by atoms with van der Waals surface area (Å²) in [6, 6.07) is 12.7. The van der Waals surface area contributed by atoms with E-state index in [1.54, 1.807) is 49.8 Å². The molecule has 8 heteroatoms. The van der Waals surface area contributed by atoms with Crippen molar-refractivity contribution in [2.24, 2.45) is 0 Å². The Balaban J connectivity index is 1.69. The summed E-state index contributed by atoms with van der Waals surface area (Å²) in [5.41, 5.74) is 0.0181. The first-order valence-electron chi connectivity index (χ1n) is 10.4. The number of hydrogen-bond acceptors (Lipinski definition) is 4. The summed E-state index contributed by atoms with van der Waals surface area (Å²) in [5, 5.41) is 2.99. The summed E-state index contributed by atoms with van der Waals surface area (Å²) in [7, 11) is 1.70. The van der Waals surface area contributed by atoms with Crippen LogP contribution in [0.5, 0.6) is 11.5 Å². The monoisotopic (exact) mass is 438 g/mol. The van der Waals surface area contributed by atoms with Crippen molar-refractivity contribution in [2.75, 3.05) is 12.4 Å². The zero-order chi connectivity index (χ0) is 22.3. The van der Waals surface area contributed by atoms with E-state index in [0.29, 0.717) is 17.1 Å². The molecule has 1 aliphatic rings. The number of fused-ring (bicyclic) bond motifs is 1. The van der Waals surface area contributed by atoms with E-state index in [1.807, 2.05) is 10.5 Å². The first kappa shape index (κ1) is 20.4. The molecule has 4 aromatic rings. The maximum Gasteiger partial charge on any atom is 0.417 e. The number of nitrogens with zero attached hydrogens (tertiary/aromatic N) is 3. The molecule has 1 fully saturated rings. The van der Waals surface area contributed by atoms with Crippen LogP contribution in [0, 0.1) is 0 Å². The lowest BCUT2D eigenvalue weighted by atomic mass is 9.85. The highest BCUT2D eigenvalue weighted by Crippen LogP contribution is 2.44. The van der Waals surface area contributed by atoms with Gasteiger partial charge < -0.3 is 10.1 Å². The summed E-state index contributed by atoms with van der Waals surface area (Å²) < 4.78 is 50.0. The third kappa shape index (κ3) is 3.55. The average molecular weight is 438 g/mol. The minimum absolute atomic E-state index is 0.00508. The van der Waals surface area contributed by atoms with E-state index in [1.165, 1.54) is 6.07 Å². The molecule has 1 aliphatic carbocycles. The zero-order valence-electron chi connectivity index (χ0n) is 17.4. The number of nitrogens with one attached hydrogen (secondary N) is 1. The fourth-order valence-electron chi connectivity index (χ4n) is 4.04. The maximum atomic E-state index is 14.2. The van der Waals surface area contributed by atoms with Gasteiger partial charge in [0.05, 0.1) is 5.56 Å². The van der Waals surface area contributed by atoms with Crippen LogP contribution in [-0.2, 0) is 6.18 Å². The van der Waals surface area contributed by atoms with E-state index < -0.39 is 11.7 Å². The lowest BCUT2D eigenvalue weighted by Gasteiger charge is -2.24. The number of alkyl halides is 3. The zero-order valence-corrected chi connectivity index (χ0v) is 17.4. The molecule has 0 spiro atoms. The highest BCUT2D eigenvalue weighted by molar-refractivity contribution is 5.88. The van der Waals surface area contributed by atoms with Gasteiger partial charge in [-0.25, -0.2) is 9.97 Å². The molecule has 0 atom stereocenters. The Morgan fingerprint density at radius 3 is 2.50 bits per heavy atom. The van der Waals surface area contributed by atoms with E-state index in [2.05, 4.69) is 10.3 Å². The van der Waals surface area contributed by atoms with Crippen LogP contribution in [0.1, 0.15) is 36.6 Å². The second-order valence-corrected chi connectivity index (χ2v) is 7.81. The first-order valence-corrected chi connectivity index (χ1v) is 10.4. The molecule has 2 aromatic heterocycles. The van der Waals surface area contributed by atoms with Gasteiger partial charge in [0.1, 0.15) is 28.5 Å². The number of rotatable bonds is 5. The van der Waals surface area contributed by atoms with Gasteiger partial charge in [0.15, 0.2) is 5.82 Å². The smallest absolute Gasteiger partial charge is 0.417 e. The third-order valence-corrected chi connectivity index (χ3v) is 5.82. The number of ether oxygens (including phenoxy) is 1. The van der Waals surface area contributed by atoms with Gasteiger partial charge in [0, 0.05) is 30.9 Å². The summed E-state index contributed by atoms with van der Waals surface area (Å²) in [4.78, 5) is 9.04. The van der Waals surface area contributed by atoms with Crippen molar-refractivity contribution in [3.05, 3.63) is 72.3 Å². The van der Waals surface area contributed by atoms with Crippen LogP contribution < -0.4 is 10.1 Å². The largest absolute Gasteiger partial charge is 0.457 e. The summed E-state index contributed by atoms with van der Waals surface area (Å²) >= 11 is 0. The molecule has 5 rings (SSSR count). The lowest BCUT2D eigenvalue weighted by molar-refractivity contribution is -0.137. The van der Waals surface area contributed by atoms with Gasteiger partial charge >= 0.3 is 6.18 Å². The Morgan fingerprint density at radius 1 is 1.06 bits per heavy atom. The van der Waals surface area contributed by atoms with E-state index in [0.717, 1.165) is 31.2 Å². The van der Waals surface area contributed by atoms with Crippen LogP contribution >= 0.6 is 0 Å². The van der Waals surface area contributed by atoms with E-state index in [9.17, 15) is 13.2 Å². The predicted octanol–water partition coefficient (Wildman–Crippen LogP) is 6.52. The van der Waals surface area contributed by atoms with Crippen molar-refractivity contribution in [1.29, 1.82) is 0 Å². The quantitative estimate of drug-likeness (QED) is 0.386. The molecule has 0 saturated heterocycles. The van der Waals surface area contributed by atoms with Crippen LogP contribution in [-0.4, -0.2) is 21.4 Å². The second-order valence-electron chi connectivity index (χ2n) is 7.81. The standard InChI is InChI=1S/C24H21F3N4O/c1-28-22-21-20(30-23(15-6-5-7-15)31(21)13-12-29-22)18-11-10-17(14-19(18)24(25,26)27)32-16-8-3-2-4-9-16/h2-4,8-15H,5-7H2,1H3,(H,28,29). The molecule has 32 heavy (non-hydrogen) atoms. The van der Waals surface area contributed by atoms with Crippen molar-refractivity contribution in [3.8, 4) is 22.8 Å². The number of anilines is 1. The molecule has 1 N–H and O–H groups in total. The number of benzene rings is 2. The summed E-state index contributed by atoms with van der Waals surface area (Å²) in [5.74, 6) is 2.08. The van der Waals surface area contributed by atoms with Gasteiger partial charge in [-0.15, -0.1) is 0 Å². The molecular formula is C24H21F3N4O. The highest BCUT2D eigenvalue weighted by Gasteiger charge is 2.36. The van der Waals surface area contributed by atoms with Crippen molar-refractivity contribution in [2.45, 2.75) is 31.4 Å². The normalized spacial score (nSPS) is 14.4. The minimum Gasteiger partial charge on any atom is -0.457 e. The number of halogens is 3. The Morgan fingerprint density at radius 2 is 1.84 bits per heavy atom. The van der Waals surface area contributed by atoms with Crippen molar-refractivity contribution in [3.63, 3.8) is 0 Å². The molecule has 0 amide bonds. The Bertz CT molecular complexity index is 1260. The van der Waals surface area contributed by atoms with E-state index in [-0.39, 0.29) is 22.9 Å². The first-order chi connectivity index (χ1) is 15.5. The van der Waals surface area contributed by atoms with Crippen molar-refractivity contribution < 1.29 is 17.9 Å². The number of para-hydroxylation sites is 1.